The number of benzene rings is 1. The van der Waals surface area contributed by atoms with Crippen molar-refractivity contribution in [1.29, 1.82) is 0 Å². The van der Waals surface area contributed by atoms with Crippen molar-refractivity contribution < 1.29 is 17.9 Å². The summed E-state index contributed by atoms with van der Waals surface area (Å²) in [6, 6.07) is 4.75. The molecule has 0 aromatic heterocycles. The van der Waals surface area contributed by atoms with Crippen molar-refractivity contribution in [3.8, 4) is 5.75 Å². The SMILES string of the molecule is C[C@H](N=[N+]=[N-])c1ccc(OC(F)(F)F)cc1. The molecule has 0 unspecified atom stereocenters. The molecule has 86 valence electrons. The van der Waals surface area contributed by atoms with E-state index < -0.39 is 12.4 Å². The second-order valence-corrected chi connectivity index (χ2v) is 3.00. The van der Waals surface area contributed by atoms with Crippen LogP contribution in [0.1, 0.15) is 18.5 Å². The maximum Gasteiger partial charge on any atom is 0.573 e. The van der Waals surface area contributed by atoms with Crippen molar-refractivity contribution in [2.45, 2.75) is 19.3 Å². The molecule has 1 aromatic carbocycles. The van der Waals surface area contributed by atoms with Gasteiger partial charge < -0.3 is 4.74 Å². The monoisotopic (exact) mass is 231 g/mol. The van der Waals surface area contributed by atoms with Gasteiger partial charge in [0, 0.05) is 4.91 Å². The summed E-state index contributed by atoms with van der Waals surface area (Å²) in [5, 5.41) is 3.42. The third-order valence-corrected chi connectivity index (χ3v) is 1.82. The zero-order valence-corrected chi connectivity index (χ0v) is 8.27. The van der Waals surface area contributed by atoms with Crippen molar-refractivity contribution in [1.82, 2.24) is 0 Å². The lowest BCUT2D eigenvalue weighted by molar-refractivity contribution is -0.274. The van der Waals surface area contributed by atoms with E-state index in [1.165, 1.54) is 24.3 Å². The summed E-state index contributed by atoms with van der Waals surface area (Å²) in [5.41, 5.74) is 8.81. The fourth-order valence-corrected chi connectivity index (χ4v) is 1.09. The highest BCUT2D eigenvalue weighted by Gasteiger charge is 2.30. The Bertz CT molecular complexity index is 395. The minimum atomic E-state index is -4.70. The second-order valence-electron chi connectivity index (χ2n) is 3.00. The molecule has 1 aromatic rings. The fraction of sp³-hybridized carbons (Fsp3) is 0.333. The lowest BCUT2D eigenvalue weighted by Crippen LogP contribution is -2.17. The van der Waals surface area contributed by atoms with Gasteiger partial charge in [0.15, 0.2) is 0 Å². The van der Waals surface area contributed by atoms with Crippen LogP contribution >= 0.6 is 0 Å². The third kappa shape index (κ3) is 3.70. The summed E-state index contributed by atoms with van der Waals surface area (Å²) in [4.78, 5) is 2.61. The van der Waals surface area contributed by atoms with Crippen molar-refractivity contribution in [3.63, 3.8) is 0 Å². The van der Waals surface area contributed by atoms with E-state index in [1.54, 1.807) is 6.92 Å². The third-order valence-electron chi connectivity index (χ3n) is 1.82. The van der Waals surface area contributed by atoms with Crippen LogP contribution in [0.3, 0.4) is 0 Å². The number of ether oxygens (including phenoxy) is 1. The molecular weight excluding hydrogens is 223 g/mol. The highest BCUT2D eigenvalue weighted by atomic mass is 19.4. The molecular formula is C9H8F3N3O. The van der Waals surface area contributed by atoms with Crippen LogP contribution in [0.2, 0.25) is 0 Å². The number of alkyl halides is 3. The summed E-state index contributed by atoms with van der Waals surface area (Å²) in [5.74, 6) is -0.301. The zero-order chi connectivity index (χ0) is 12.2. The van der Waals surface area contributed by atoms with Gasteiger partial charge in [-0.3, -0.25) is 0 Å². The molecule has 0 spiro atoms. The van der Waals surface area contributed by atoms with E-state index in [1.807, 2.05) is 0 Å². The highest BCUT2D eigenvalue weighted by molar-refractivity contribution is 5.29. The molecule has 0 fully saturated rings. The average Bonchev–Trinajstić information content (AvgIpc) is 2.16. The number of azide groups is 1. The Balaban J connectivity index is 2.79. The van der Waals surface area contributed by atoms with Gasteiger partial charge in [-0.05, 0) is 23.2 Å². The number of hydrogen-bond donors (Lipinski definition) is 0. The van der Waals surface area contributed by atoms with Gasteiger partial charge in [0.2, 0.25) is 0 Å². The van der Waals surface area contributed by atoms with Gasteiger partial charge in [0.1, 0.15) is 5.75 Å². The normalized spacial score (nSPS) is 12.8. The lowest BCUT2D eigenvalue weighted by Gasteiger charge is -2.10. The van der Waals surface area contributed by atoms with E-state index >= 15 is 0 Å². The zero-order valence-electron chi connectivity index (χ0n) is 8.27. The minimum absolute atomic E-state index is 0.301. The van der Waals surface area contributed by atoms with Crippen LogP contribution in [0.5, 0.6) is 5.75 Å². The first-order valence-corrected chi connectivity index (χ1v) is 4.32. The summed E-state index contributed by atoms with van der Waals surface area (Å²) >= 11 is 0. The summed E-state index contributed by atoms with van der Waals surface area (Å²) in [6.45, 7) is 1.64. The topological polar surface area (TPSA) is 58.0 Å². The van der Waals surface area contributed by atoms with Crippen LogP contribution in [0.15, 0.2) is 29.4 Å². The number of rotatable bonds is 3. The minimum Gasteiger partial charge on any atom is -0.406 e. The smallest absolute Gasteiger partial charge is 0.406 e. The van der Waals surface area contributed by atoms with Crippen LogP contribution in [-0.2, 0) is 0 Å². The molecule has 0 aliphatic heterocycles. The van der Waals surface area contributed by atoms with Crippen molar-refractivity contribution >= 4 is 0 Å². The maximum absolute atomic E-state index is 11.8. The molecule has 0 aliphatic carbocycles. The predicted octanol–water partition coefficient (Wildman–Crippen LogP) is 3.96. The van der Waals surface area contributed by atoms with E-state index in [0.29, 0.717) is 5.56 Å². The summed E-state index contributed by atoms with van der Waals surface area (Å²) in [7, 11) is 0. The molecule has 4 nitrogen and oxygen atoms in total. The number of halogens is 3. The molecule has 7 heteroatoms. The average molecular weight is 231 g/mol. The Morgan fingerprint density at radius 3 is 2.31 bits per heavy atom. The fourth-order valence-electron chi connectivity index (χ4n) is 1.09. The van der Waals surface area contributed by atoms with Gasteiger partial charge in [-0.2, -0.15) is 0 Å². The highest BCUT2D eigenvalue weighted by Crippen LogP contribution is 2.25. The molecule has 16 heavy (non-hydrogen) atoms. The van der Waals surface area contributed by atoms with Crippen LogP contribution < -0.4 is 4.74 Å². The van der Waals surface area contributed by atoms with E-state index in [9.17, 15) is 13.2 Å². The van der Waals surface area contributed by atoms with E-state index in [4.69, 9.17) is 5.53 Å². The van der Waals surface area contributed by atoms with Gasteiger partial charge in [-0.15, -0.1) is 13.2 Å². The van der Waals surface area contributed by atoms with Crippen LogP contribution in [0, 0.1) is 0 Å². The molecule has 1 rings (SSSR count). The van der Waals surface area contributed by atoms with E-state index in [2.05, 4.69) is 14.8 Å². The molecule has 0 saturated heterocycles. The van der Waals surface area contributed by atoms with Gasteiger partial charge in [0.25, 0.3) is 0 Å². The first-order valence-electron chi connectivity index (χ1n) is 4.32. The molecule has 0 aliphatic rings. The second kappa shape index (κ2) is 4.76. The largest absolute Gasteiger partial charge is 0.573 e. The molecule has 0 bridgehead atoms. The Kier molecular flexibility index (Phi) is 3.63. The molecule has 0 amide bonds. The van der Waals surface area contributed by atoms with Gasteiger partial charge in [-0.25, -0.2) is 0 Å². The Hall–Kier alpha value is -1.88. The molecule has 0 N–H and O–H groups in total. The van der Waals surface area contributed by atoms with Crippen molar-refractivity contribution in [2.75, 3.05) is 0 Å². The van der Waals surface area contributed by atoms with E-state index in [0.717, 1.165) is 0 Å². The molecule has 0 saturated carbocycles. The van der Waals surface area contributed by atoms with Gasteiger partial charge in [0.05, 0.1) is 6.04 Å². The molecule has 0 radical (unpaired) electrons. The summed E-state index contributed by atoms with van der Waals surface area (Å²) in [6.07, 6.45) is -4.70. The first kappa shape index (κ1) is 12.2. The number of hydrogen-bond acceptors (Lipinski definition) is 2. The molecule has 0 heterocycles. The molecule has 1 atom stereocenters. The predicted molar refractivity (Wildman–Crippen MR) is 50.7 cm³/mol. The lowest BCUT2D eigenvalue weighted by atomic mass is 10.1. The Morgan fingerprint density at radius 2 is 1.88 bits per heavy atom. The van der Waals surface area contributed by atoms with Crippen LogP contribution in [-0.4, -0.2) is 6.36 Å². The van der Waals surface area contributed by atoms with Crippen molar-refractivity contribution in [3.05, 3.63) is 40.3 Å². The quantitative estimate of drug-likeness (QED) is 0.441. The van der Waals surface area contributed by atoms with Gasteiger partial charge >= 0.3 is 6.36 Å². The Labute approximate surface area is 89.3 Å². The Morgan fingerprint density at radius 1 is 1.31 bits per heavy atom. The first-order chi connectivity index (χ1) is 7.42. The van der Waals surface area contributed by atoms with Gasteiger partial charge in [-0.1, -0.05) is 24.2 Å². The van der Waals surface area contributed by atoms with Crippen LogP contribution in [0.25, 0.3) is 10.4 Å². The summed E-state index contributed by atoms with van der Waals surface area (Å²) < 4.78 is 39.2. The standard InChI is InChI=1S/C9H8F3N3O/c1-6(14-15-13)7-2-4-8(5-3-7)16-9(10,11)12/h2-6H,1H3/t6-/m0/s1. The maximum atomic E-state index is 11.8. The van der Waals surface area contributed by atoms with Crippen molar-refractivity contribution in [2.24, 2.45) is 5.11 Å². The van der Waals surface area contributed by atoms with E-state index in [-0.39, 0.29) is 5.75 Å². The number of nitrogens with zero attached hydrogens (tertiary/aromatic N) is 3. The van der Waals surface area contributed by atoms with Crippen LogP contribution in [0.4, 0.5) is 13.2 Å².